The molecule has 0 saturated carbocycles. The molecule has 2 rings (SSSR count). The molecule has 0 unspecified atom stereocenters. The number of para-hydroxylation sites is 1. The maximum atomic E-state index is 11.8. The number of aromatic nitrogens is 2. The second kappa shape index (κ2) is 7.47. The average molecular weight is 287 g/mol. The Hall–Kier alpha value is -2.30. The quantitative estimate of drug-likeness (QED) is 0.820. The van der Waals surface area contributed by atoms with Gasteiger partial charge in [0.05, 0.1) is 18.7 Å². The van der Waals surface area contributed by atoms with Gasteiger partial charge in [-0.05, 0) is 32.0 Å². The maximum Gasteiger partial charge on any atom is 0.223 e. The summed E-state index contributed by atoms with van der Waals surface area (Å²) in [5.41, 5.74) is 1.99. The number of hydrogen-bond donors (Lipinski definition) is 2. The van der Waals surface area contributed by atoms with Crippen molar-refractivity contribution in [1.29, 1.82) is 0 Å². The molecule has 0 radical (unpaired) electrons. The van der Waals surface area contributed by atoms with E-state index in [-0.39, 0.29) is 11.9 Å². The molecule has 1 heterocycles. The first-order valence-corrected chi connectivity index (χ1v) is 7.11. The lowest BCUT2D eigenvalue weighted by molar-refractivity contribution is -0.122. The Balaban J connectivity index is 1.67. The van der Waals surface area contributed by atoms with E-state index in [1.54, 1.807) is 0 Å². The summed E-state index contributed by atoms with van der Waals surface area (Å²) >= 11 is 0. The lowest BCUT2D eigenvalue weighted by Crippen LogP contribution is -2.34. The number of carbonyl (C=O) groups excluding carboxylic acids is 1. The molecule has 21 heavy (non-hydrogen) atoms. The molecule has 0 aliphatic rings. The van der Waals surface area contributed by atoms with Gasteiger partial charge in [0.25, 0.3) is 0 Å². The minimum atomic E-state index is -0.00862. The number of ether oxygens (including phenoxy) is 1. The predicted molar refractivity (Wildman–Crippen MR) is 81.2 cm³/mol. The minimum absolute atomic E-state index is 0.00862. The number of amides is 1. The molecule has 0 aliphatic carbocycles. The van der Waals surface area contributed by atoms with Crippen LogP contribution in [0.5, 0.6) is 5.75 Å². The van der Waals surface area contributed by atoms with Crippen LogP contribution in [-0.2, 0) is 11.2 Å². The van der Waals surface area contributed by atoms with E-state index in [1.807, 2.05) is 50.2 Å². The molecule has 2 N–H and O–H groups in total. The van der Waals surface area contributed by atoms with Crippen molar-refractivity contribution in [3.8, 4) is 5.75 Å². The van der Waals surface area contributed by atoms with Gasteiger partial charge in [-0.1, -0.05) is 18.2 Å². The Morgan fingerprint density at radius 2 is 2.14 bits per heavy atom. The molecule has 1 amide bonds. The summed E-state index contributed by atoms with van der Waals surface area (Å²) < 4.78 is 5.50. The molecular formula is C16H21N3O2. The molecule has 0 fully saturated rings. The SMILES string of the molecule is Cc1cc(C[C@H](C)NC(=O)CCOc2ccccc2)n[nH]1. The van der Waals surface area contributed by atoms with Crippen LogP contribution in [0.4, 0.5) is 0 Å². The van der Waals surface area contributed by atoms with Crippen molar-refractivity contribution < 1.29 is 9.53 Å². The molecule has 0 spiro atoms. The highest BCUT2D eigenvalue weighted by molar-refractivity contribution is 5.76. The Morgan fingerprint density at radius 1 is 1.38 bits per heavy atom. The first-order chi connectivity index (χ1) is 10.1. The third-order valence-corrected chi connectivity index (χ3v) is 3.02. The van der Waals surface area contributed by atoms with Crippen molar-refractivity contribution in [1.82, 2.24) is 15.5 Å². The van der Waals surface area contributed by atoms with E-state index in [4.69, 9.17) is 4.74 Å². The smallest absolute Gasteiger partial charge is 0.223 e. The van der Waals surface area contributed by atoms with Gasteiger partial charge in [-0.15, -0.1) is 0 Å². The lowest BCUT2D eigenvalue weighted by atomic mass is 10.1. The summed E-state index contributed by atoms with van der Waals surface area (Å²) in [6.07, 6.45) is 1.06. The molecule has 2 aromatic rings. The number of H-pyrrole nitrogens is 1. The van der Waals surface area contributed by atoms with Crippen LogP contribution in [0, 0.1) is 6.92 Å². The van der Waals surface area contributed by atoms with Crippen LogP contribution in [0.25, 0.3) is 0 Å². The van der Waals surface area contributed by atoms with Crippen molar-refractivity contribution in [3.05, 3.63) is 47.8 Å². The Bertz CT molecular complexity index is 566. The number of nitrogens with one attached hydrogen (secondary N) is 2. The molecule has 112 valence electrons. The zero-order valence-corrected chi connectivity index (χ0v) is 12.4. The van der Waals surface area contributed by atoms with Gasteiger partial charge in [0.2, 0.25) is 5.91 Å². The van der Waals surface area contributed by atoms with Crippen molar-refractivity contribution in [3.63, 3.8) is 0 Å². The third-order valence-electron chi connectivity index (χ3n) is 3.02. The first-order valence-electron chi connectivity index (χ1n) is 7.11. The summed E-state index contributed by atoms with van der Waals surface area (Å²) in [6, 6.07) is 11.5. The Labute approximate surface area is 124 Å². The normalized spacial score (nSPS) is 11.9. The monoisotopic (exact) mass is 287 g/mol. The lowest BCUT2D eigenvalue weighted by Gasteiger charge is -2.12. The van der Waals surface area contributed by atoms with Crippen molar-refractivity contribution >= 4 is 5.91 Å². The third kappa shape index (κ3) is 5.30. The van der Waals surface area contributed by atoms with Crippen LogP contribution in [0.15, 0.2) is 36.4 Å². The summed E-state index contributed by atoms with van der Waals surface area (Å²) in [6.45, 7) is 4.31. The van der Waals surface area contributed by atoms with E-state index in [2.05, 4.69) is 15.5 Å². The van der Waals surface area contributed by atoms with E-state index >= 15 is 0 Å². The van der Waals surface area contributed by atoms with E-state index in [0.717, 1.165) is 23.6 Å². The molecule has 5 heteroatoms. The van der Waals surface area contributed by atoms with Gasteiger partial charge >= 0.3 is 0 Å². The van der Waals surface area contributed by atoms with Gasteiger partial charge < -0.3 is 10.1 Å². The highest BCUT2D eigenvalue weighted by atomic mass is 16.5. The van der Waals surface area contributed by atoms with Crippen LogP contribution in [0.2, 0.25) is 0 Å². The maximum absolute atomic E-state index is 11.8. The largest absolute Gasteiger partial charge is 0.493 e. The average Bonchev–Trinajstić information content (AvgIpc) is 2.85. The van der Waals surface area contributed by atoms with Crippen molar-refractivity contribution in [2.24, 2.45) is 0 Å². The molecule has 0 bridgehead atoms. The summed E-state index contributed by atoms with van der Waals surface area (Å²) in [7, 11) is 0. The van der Waals surface area contributed by atoms with Crippen molar-refractivity contribution in [2.75, 3.05) is 6.61 Å². The molecule has 1 aromatic carbocycles. The molecule has 1 aromatic heterocycles. The van der Waals surface area contributed by atoms with Crippen molar-refractivity contribution in [2.45, 2.75) is 32.7 Å². The van der Waals surface area contributed by atoms with Crippen LogP contribution in [0.1, 0.15) is 24.7 Å². The minimum Gasteiger partial charge on any atom is -0.493 e. The molecule has 5 nitrogen and oxygen atoms in total. The Morgan fingerprint density at radius 3 is 2.81 bits per heavy atom. The summed E-state index contributed by atoms with van der Waals surface area (Å²) in [5, 5.41) is 10.0. The zero-order valence-electron chi connectivity index (χ0n) is 12.4. The van der Waals surface area contributed by atoms with Gasteiger partial charge in [-0.2, -0.15) is 5.10 Å². The predicted octanol–water partition coefficient (Wildman–Crippen LogP) is 2.23. The van der Waals surface area contributed by atoms with Crippen LogP contribution < -0.4 is 10.1 Å². The van der Waals surface area contributed by atoms with E-state index < -0.39 is 0 Å². The fourth-order valence-corrected chi connectivity index (χ4v) is 2.07. The van der Waals surface area contributed by atoms with Gasteiger partial charge in [0, 0.05) is 18.2 Å². The molecular weight excluding hydrogens is 266 g/mol. The van der Waals surface area contributed by atoms with Crippen LogP contribution in [-0.4, -0.2) is 28.8 Å². The van der Waals surface area contributed by atoms with E-state index in [9.17, 15) is 4.79 Å². The molecule has 1 atom stereocenters. The van der Waals surface area contributed by atoms with Gasteiger partial charge in [-0.25, -0.2) is 0 Å². The number of aryl methyl sites for hydroxylation is 1. The first kappa shape index (κ1) is 15.1. The fourth-order valence-electron chi connectivity index (χ4n) is 2.07. The molecule has 0 aliphatic heterocycles. The highest BCUT2D eigenvalue weighted by Gasteiger charge is 2.10. The number of nitrogens with zero attached hydrogens (tertiary/aromatic N) is 1. The Kier molecular flexibility index (Phi) is 5.37. The van der Waals surface area contributed by atoms with Crippen LogP contribution >= 0.6 is 0 Å². The van der Waals surface area contributed by atoms with Gasteiger partial charge in [0.1, 0.15) is 5.75 Å². The van der Waals surface area contributed by atoms with Crippen LogP contribution in [0.3, 0.4) is 0 Å². The fraction of sp³-hybridized carbons (Fsp3) is 0.375. The van der Waals surface area contributed by atoms with Gasteiger partial charge in [-0.3, -0.25) is 9.89 Å². The number of benzene rings is 1. The number of aromatic amines is 1. The second-order valence-corrected chi connectivity index (χ2v) is 5.13. The summed E-state index contributed by atoms with van der Waals surface area (Å²) in [4.78, 5) is 11.8. The standard InChI is InChI=1S/C16H21N3O2/c1-12(10-14-11-13(2)18-19-14)17-16(20)8-9-21-15-6-4-3-5-7-15/h3-7,11-12H,8-10H2,1-2H3,(H,17,20)(H,18,19)/t12-/m0/s1. The number of carbonyl (C=O) groups is 1. The van der Waals surface area contributed by atoms with E-state index in [1.165, 1.54) is 0 Å². The highest BCUT2D eigenvalue weighted by Crippen LogP contribution is 2.08. The zero-order chi connectivity index (χ0) is 15.1. The number of hydrogen-bond acceptors (Lipinski definition) is 3. The summed E-state index contributed by atoms with van der Waals surface area (Å²) in [5.74, 6) is 0.774. The molecule has 0 saturated heterocycles. The number of rotatable bonds is 7. The van der Waals surface area contributed by atoms with Gasteiger partial charge in [0.15, 0.2) is 0 Å². The second-order valence-electron chi connectivity index (χ2n) is 5.13. The van der Waals surface area contributed by atoms with E-state index in [0.29, 0.717) is 13.0 Å². The topological polar surface area (TPSA) is 67.0 Å².